The summed E-state index contributed by atoms with van der Waals surface area (Å²) in [6.45, 7) is 1.59. The summed E-state index contributed by atoms with van der Waals surface area (Å²) < 4.78 is 6.41. The topological polar surface area (TPSA) is 123 Å². The molecule has 0 unspecified atom stereocenters. The minimum absolute atomic E-state index is 0.0783. The number of aliphatic carboxylic acids is 1. The van der Waals surface area contributed by atoms with Crippen molar-refractivity contribution >= 4 is 28.9 Å². The van der Waals surface area contributed by atoms with Crippen LogP contribution in [0.25, 0.3) is 10.8 Å². The Morgan fingerprint density at radius 1 is 1.17 bits per heavy atom. The Labute approximate surface area is 165 Å². The first-order valence-corrected chi connectivity index (χ1v) is 8.78. The zero-order valence-electron chi connectivity index (χ0n) is 15.5. The zero-order chi connectivity index (χ0) is 20.8. The second-order valence-electron chi connectivity index (χ2n) is 5.93. The average Bonchev–Trinajstić information content (AvgIpc) is 2.73. The van der Waals surface area contributed by atoms with Crippen molar-refractivity contribution in [2.75, 3.05) is 6.61 Å². The fourth-order valence-electron chi connectivity index (χ4n) is 2.69. The summed E-state index contributed by atoms with van der Waals surface area (Å²) in [5, 5.41) is 17.6. The Bertz CT molecular complexity index is 1150. The van der Waals surface area contributed by atoms with E-state index in [4.69, 9.17) is 9.84 Å². The van der Waals surface area contributed by atoms with E-state index in [9.17, 15) is 14.4 Å². The van der Waals surface area contributed by atoms with Gasteiger partial charge in [-0.05, 0) is 25.1 Å². The molecule has 0 spiro atoms. The Morgan fingerprint density at radius 2 is 1.86 bits per heavy atom. The number of hydrogen-bond donors (Lipinski definition) is 2. The van der Waals surface area contributed by atoms with Crippen molar-refractivity contribution in [1.82, 2.24) is 15.2 Å². The lowest BCUT2D eigenvalue weighted by atomic mass is 10.1. The predicted octanol–water partition coefficient (Wildman–Crippen LogP) is 1.64. The van der Waals surface area contributed by atoms with Crippen LogP contribution in [0, 0.1) is 0 Å². The summed E-state index contributed by atoms with van der Waals surface area (Å²) in [5.41, 5.74) is 2.68. The van der Waals surface area contributed by atoms with E-state index < -0.39 is 18.5 Å². The number of aryl methyl sites for hydroxylation is 1. The molecule has 0 bridgehead atoms. The van der Waals surface area contributed by atoms with Gasteiger partial charge in [-0.1, -0.05) is 30.3 Å². The molecule has 148 valence electrons. The van der Waals surface area contributed by atoms with E-state index in [1.165, 1.54) is 10.9 Å². The predicted molar refractivity (Wildman–Crippen MR) is 106 cm³/mol. The van der Waals surface area contributed by atoms with Crippen LogP contribution in [0.2, 0.25) is 0 Å². The van der Waals surface area contributed by atoms with Crippen LogP contribution >= 0.6 is 0 Å². The van der Waals surface area contributed by atoms with Crippen molar-refractivity contribution in [2.24, 2.45) is 5.10 Å². The Hall–Kier alpha value is -4.01. The van der Waals surface area contributed by atoms with E-state index in [2.05, 4.69) is 15.6 Å². The van der Waals surface area contributed by atoms with Crippen LogP contribution in [0.3, 0.4) is 0 Å². The molecule has 0 radical (unpaired) electrons. The van der Waals surface area contributed by atoms with Gasteiger partial charge < -0.3 is 9.84 Å². The lowest BCUT2D eigenvalue weighted by Crippen LogP contribution is -2.28. The lowest BCUT2D eigenvalue weighted by Gasteiger charge is -2.08. The number of nitrogens with zero attached hydrogens (tertiary/aromatic N) is 3. The molecule has 9 nitrogen and oxygen atoms in total. The molecular weight excluding hydrogens is 376 g/mol. The summed E-state index contributed by atoms with van der Waals surface area (Å²) in [5.74, 6) is -1.37. The first-order valence-electron chi connectivity index (χ1n) is 8.78. The molecule has 2 N–H and O–H groups in total. The van der Waals surface area contributed by atoms with Gasteiger partial charge in [0.1, 0.15) is 5.75 Å². The zero-order valence-corrected chi connectivity index (χ0v) is 15.5. The summed E-state index contributed by atoms with van der Waals surface area (Å²) in [4.78, 5) is 35.7. The minimum Gasteiger partial charge on any atom is -0.481 e. The van der Waals surface area contributed by atoms with Gasteiger partial charge in [0.05, 0.1) is 11.6 Å². The van der Waals surface area contributed by atoms with E-state index in [1.807, 2.05) is 0 Å². The van der Waals surface area contributed by atoms with E-state index in [0.29, 0.717) is 28.6 Å². The van der Waals surface area contributed by atoms with Gasteiger partial charge in [-0.3, -0.25) is 9.59 Å². The highest BCUT2D eigenvalue weighted by molar-refractivity contribution is 6.05. The number of amides is 1. The third-order valence-corrected chi connectivity index (χ3v) is 4.02. The van der Waals surface area contributed by atoms with Gasteiger partial charge in [0.2, 0.25) is 0 Å². The standard InChI is InChI=1S/C20H18N4O5/c1-2-24-20(28)15-9-5-4-8-14(15)18(23-24)19(27)22-21-11-13-7-3-6-10-16(13)29-12-17(25)26/h3-11H,2,12H2,1H3,(H,22,27)(H,25,26)/b21-11-. The lowest BCUT2D eigenvalue weighted by molar-refractivity contribution is -0.139. The fraction of sp³-hybridized carbons (Fsp3) is 0.150. The number of rotatable bonds is 7. The molecule has 9 heteroatoms. The SMILES string of the molecule is CCn1nc(C(=O)N/N=C\c2ccccc2OCC(=O)O)c2ccccc2c1=O. The van der Waals surface area contributed by atoms with Gasteiger partial charge in [-0.15, -0.1) is 0 Å². The highest BCUT2D eigenvalue weighted by Crippen LogP contribution is 2.16. The van der Waals surface area contributed by atoms with Crippen molar-refractivity contribution in [3.8, 4) is 5.75 Å². The van der Waals surface area contributed by atoms with Crippen molar-refractivity contribution in [3.63, 3.8) is 0 Å². The van der Waals surface area contributed by atoms with Crippen LogP contribution in [0.4, 0.5) is 0 Å². The molecule has 3 rings (SSSR count). The Balaban J connectivity index is 1.85. The number of carboxylic acid groups (broad SMARTS) is 1. The van der Waals surface area contributed by atoms with Gasteiger partial charge in [0.25, 0.3) is 11.5 Å². The van der Waals surface area contributed by atoms with Crippen LogP contribution in [-0.4, -0.2) is 39.6 Å². The monoisotopic (exact) mass is 394 g/mol. The fourth-order valence-corrected chi connectivity index (χ4v) is 2.69. The molecule has 0 saturated carbocycles. The van der Waals surface area contributed by atoms with E-state index in [-0.39, 0.29) is 11.3 Å². The van der Waals surface area contributed by atoms with Crippen LogP contribution in [-0.2, 0) is 11.3 Å². The van der Waals surface area contributed by atoms with Crippen molar-refractivity contribution in [1.29, 1.82) is 0 Å². The number of ether oxygens (including phenoxy) is 1. The summed E-state index contributed by atoms with van der Waals surface area (Å²) >= 11 is 0. The van der Waals surface area contributed by atoms with E-state index in [0.717, 1.165) is 0 Å². The molecule has 3 aromatic rings. The highest BCUT2D eigenvalue weighted by atomic mass is 16.5. The average molecular weight is 394 g/mol. The van der Waals surface area contributed by atoms with Crippen molar-refractivity contribution in [3.05, 3.63) is 70.1 Å². The van der Waals surface area contributed by atoms with Gasteiger partial charge in [0, 0.05) is 17.5 Å². The molecular formula is C20H18N4O5. The van der Waals surface area contributed by atoms with Crippen molar-refractivity contribution in [2.45, 2.75) is 13.5 Å². The highest BCUT2D eigenvalue weighted by Gasteiger charge is 2.15. The molecule has 1 aromatic heterocycles. The molecule has 0 aliphatic heterocycles. The smallest absolute Gasteiger partial charge is 0.341 e. The van der Waals surface area contributed by atoms with Crippen LogP contribution in [0.5, 0.6) is 5.75 Å². The number of carboxylic acids is 1. The van der Waals surface area contributed by atoms with Crippen LogP contribution < -0.4 is 15.7 Å². The third-order valence-electron chi connectivity index (χ3n) is 4.02. The van der Waals surface area contributed by atoms with Gasteiger partial charge >= 0.3 is 5.97 Å². The number of carbonyl (C=O) groups is 2. The second-order valence-corrected chi connectivity index (χ2v) is 5.93. The van der Waals surface area contributed by atoms with Gasteiger partial charge in [0.15, 0.2) is 12.3 Å². The van der Waals surface area contributed by atoms with Gasteiger partial charge in [-0.2, -0.15) is 10.2 Å². The third kappa shape index (κ3) is 4.46. The van der Waals surface area contributed by atoms with Crippen LogP contribution in [0.1, 0.15) is 23.0 Å². The van der Waals surface area contributed by atoms with Crippen molar-refractivity contribution < 1.29 is 19.4 Å². The Morgan fingerprint density at radius 3 is 2.59 bits per heavy atom. The second kappa shape index (κ2) is 8.79. The minimum atomic E-state index is -1.10. The van der Waals surface area contributed by atoms with E-state index >= 15 is 0 Å². The number of aromatic nitrogens is 2. The number of carbonyl (C=O) groups excluding carboxylic acids is 1. The quantitative estimate of drug-likeness (QED) is 0.464. The number of hydrogen-bond acceptors (Lipinski definition) is 6. The molecule has 1 amide bonds. The number of nitrogens with one attached hydrogen (secondary N) is 1. The summed E-state index contributed by atoms with van der Waals surface area (Å²) in [7, 11) is 0. The molecule has 2 aromatic carbocycles. The molecule has 0 aliphatic carbocycles. The molecule has 0 saturated heterocycles. The number of para-hydroxylation sites is 1. The molecule has 0 aliphatic rings. The maximum atomic E-state index is 12.6. The number of benzene rings is 2. The summed E-state index contributed by atoms with van der Waals surface area (Å²) in [6.07, 6.45) is 1.34. The molecule has 29 heavy (non-hydrogen) atoms. The molecule has 0 fully saturated rings. The number of fused-ring (bicyclic) bond motifs is 1. The number of hydrazone groups is 1. The van der Waals surface area contributed by atoms with E-state index in [1.54, 1.807) is 55.5 Å². The Kier molecular flexibility index (Phi) is 5.98. The first kappa shape index (κ1) is 19.7. The first-order chi connectivity index (χ1) is 14.0. The summed E-state index contributed by atoms with van der Waals surface area (Å²) in [6, 6.07) is 13.4. The largest absolute Gasteiger partial charge is 0.481 e. The maximum Gasteiger partial charge on any atom is 0.341 e. The van der Waals surface area contributed by atoms with Gasteiger partial charge in [-0.25, -0.2) is 14.9 Å². The maximum absolute atomic E-state index is 12.6. The molecule has 0 atom stereocenters. The normalized spacial score (nSPS) is 10.9. The van der Waals surface area contributed by atoms with Crippen LogP contribution in [0.15, 0.2) is 58.4 Å². The molecule has 1 heterocycles.